The molecule has 0 bridgehead atoms. The molecule has 2 heterocycles. The van der Waals surface area contributed by atoms with Gasteiger partial charge in [-0.1, -0.05) is 6.42 Å². The third kappa shape index (κ3) is 4.19. The summed E-state index contributed by atoms with van der Waals surface area (Å²) in [5.74, 6) is 0.885. The first kappa shape index (κ1) is 14.8. The van der Waals surface area contributed by atoms with E-state index in [1.807, 2.05) is 6.92 Å². The summed E-state index contributed by atoms with van der Waals surface area (Å²) in [5.41, 5.74) is 0. The van der Waals surface area contributed by atoms with Gasteiger partial charge in [0.15, 0.2) is 0 Å². The van der Waals surface area contributed by atoms with Crippen molar-refractivity contribution in [3.63, 3.8) is 0 Å². The Morgan fingerprint density at radius 3 is 2.53 bits per heavy atom. The highest BCUT2D eigenvalue weighted by Gasteiger charge is 2.24. The molecule has 0 N–H and O–H groups in total. The Hall–Kier alpha value is -0.590. The molecule has 2 aliphatic heterocycles. The number of piperidine rings is 2. The second kappa shape index (κ2) is 7.26. The lowest BCUT2D eigenvalue weighted by atomic mass is 9.92. The number of hydrogen-bond acceptors (Lipinski definition) is 3. The summed E-state index contributed by atoms with van der Waals surface area (Å²) >= 11 is 0. The quantitative estimate of drug-likeness (QED) is 0.781. The minimum absolute atomic E-state index is 0.100. The number of nitrogens with zero attached hydrogens (tertiary/aromatic N) is 3. The fourth-order valence-corrected chi connectivity index (χ4v) is 3.55. The number of rotatable bonds is 4. The van der Waals surface area contributed by atoms with Gasteiger partial charge in [-0.2, -0.15) is 5.26 Å². The molecule has 0 aliphatic carbocycles. The van der Waals surface area contributed by atoms with Crippen molar-refractivity contribution < 1.29 is 0 Å². The third-order valence-electron chi connectivity index (χ3n) is 5.15. The number of nitriles is 1. The first-order valence-corrected chi connectivity index (χ1v) is 8.08. The summed E-state index contributed by atoms with van der Waals surface area (Å²) in [6.45, 7) is 9.25. The maximum Gasteiger partial charge on any atom is 0.0949 e. The average molecular weight is 263 g/mol. The van der Waals surface area contributed by atoms with Crippen LogP contribution in [0.5, 0.6) is 0 Å². The van der Waals surface area contributed by atoms with Crippen molar-refractivity contribution in [2.75, 3.05) is 26.2 Å². The molecule has 108 valence electrons. The van der Waals surface area contributed by atoms with Gasteiger partial charge in [-0.05, 0) is 78.0 Å². The van der Waals surface area contributed by atoms with Crippen LogP contribution in [0, 0.1) is 17.2 Å². The van der Waals surface area contributed by atoms with Gasteiger partial charge in [0, 0.05) is 6.04 Å². The Bertz CT molecular complexity index is 302. The molecule has 0 unspecified atom stereocenters. The zero-order chi connectivity index (χ0) is 13.7. The molecule has 0 spiro atoms. The van der Waals surface area contributed by atoms with Crippen LogP contribution in [-0.4, -0.2) is 48.1 Å². The predicted molar refractivity (Wildman–Crippen MR) is 78.9 cm³/mol. The lowest BCUT2D eigenvalue weighted by Crippen LogP contribution is -2.41. The lowest BCUT2D eigenvalue weighted by Gasteiger charge is -2.37. The first-order chi connectivity index (χ1) is 9.20. The highest BCUT2D eigenvalue weighted by atomic mass is 15.2. The Morgan fingerprint density at radius 2 is 1.89 bits per heavy atom. The Labute approximate surface area is 118 Å². The van der Waals surface area contributed by atoms with Gasteiger partial charge in [-0.25, -0.2) is 0 Å². The molecule has 3 nitrogen and oxygen atoms in total. The monoisotopic (exact) mass is 263 g/mol. The van der Waals surface area contributed by atoms with Crippen molar-refractivity contribution in [1.82, 2.24) is 9.80 Å². The van der Waals surface area contributed by atoms with E-state index in [0.29, 0.717) is 0 Å². The van der Waals surface area contributed by atoms with Gasteiger partial charge in [-0.15, -0.1) is 0 Å². The van der Waals surface area contributed by atoms with Crippen molar-refractivity contribution in [2.45, 2.75) is 64.5 Å². The van der Waals surface area contributed by atoms with Crippen molar-refractivity contribution in [2.24, 2.45) is 5.92 Å². The van der Waals surface area contributed by atoms with Gasteiger partial charge in [0.05, 0.1) is 12.1 Å². The van der Waals surface area contributed by atoms with Crippen molar-refractivity contribution in [3.8, 4) is 6.07 Å². The summed E-state index contributed by atoms with van der Waals surface area (Å²) in [7, 11) is 0. The SMILES string of the molecule is C[C@H](C#N)N1CCC(CCN2CCCC[C@H]2C)CC1. The van der Waals surface area contributed by atoms with Crippen LogP contribution < -0.4 is 0 Å². The molecule has 3 heteroatoms. The number of hydrogen-bond donors (Lipinski definition) is 0. The normalized spacial score (nSPS) is 29.0. The second-order valence-corrected chi connectivity index (χ2v) is 6.45. The maximum absolute atomic E-state index is 8.96. The zero-order valence-electron chi connectivity index (χ0n) is 12.6. The van der Waals surface area contributed by atoms with E-state index in [0.717, 1.165) is 25.0 Å². The predicted octanol–water partition coefficient (Wildman–Crippen LogP) is 2.87. The van der Waals surface area contributed by atoms with E-state index in [4.69, 9.17) is 5.26 Å². The molecule has 0 aromatic carbocycles. The van der Waals surface area contributed by atoms with Crippen LogP contribution in [0.4, 0.5) is 0 Å². The molecule has 19 heavy (non-hydrogen) atoms. The Morgan fingerprint density at radius 1 is 1.16 bits per heavy atom. The summed E-state index contributed by atoms with van der Waals surface area (Å²) < 4.78 is 0. The molecule has 0 saturated carbocycles. The summed E-state index contributed by atoms with van der Waals surface area (Å²) in [4.78, 5) is 5.02. The van der Waals surface area contributed by atoms with E-state index in [1.54, 1.807) is 0 Å². The van der Waals surface area contributed by atoms with Crippen LogP contribution in [0.25, 0.3) is 0 Å². The van der Waals surface area contributed by atoms with Gasteiger partial charge < -0.3 is 4.90 Å². The molecule has 0 radical (unpaired) electrons. The lowest BCUT2D eigenvalue weighted by molar-refractivity contribution is 0.123. The van der Waals surface area contributed by atoms with Crippen LogP contribution in [0.15, 0.2) is 0 Å². The van der Waals surface area contributed by atoms with E-state index in [-0.39, 0.29) is 6.04 Å². The van der Waals surface area contributed by atoms with Crippen molar-refractivity contribution in [3.05, 3.63) is 0 Å². The van der Waals surface area contributed by atoms with Crippen LogP contribution in [0.1, 0.15) is 52.4 Å². The van der Waals surface area contributed by atoms with Crippen LogP contribution >= 0.6 is 0 Å². The highest BCUT2D eigenvalue weighted by molar-refractivity contribution is 4.90. The minimum atomic E-state index is 0.100. The molecule has 2 atom stereocenters. The molecule has 2 fully saturated rings. The first-order valence-electron chi connectivity index (χ1n) is 8.08. The fourth-order valence-electron chi connectivity index (χ4n) is 3.55. The maximum atomic E-state index is 8.96. The Kier molecular flexibility index (Phi) is 5.66. The molecular formula is C16H29N3. The van der Waals surface area contributed by atoms with Crippen LogP contribution in [0.3, 0.4) is 0 Å². The van der Waals surface area contributed by atoms with Gasteiger partial charge in [0.25, 0.3) is 0 Å². The van der Waals surface area contributed by atoms with Crippen molar-refractivity contribution >= 4 is 0 Å². The van der Waals surface area contributed by atoms with Gasteiger partial charge in [0.2, 0.25) is 0 Å². The van der Waals surface area contributed by atoms with E-state index in [2.05, 4.69) is 22.8 Å². The van der Waals surface area contributed by atoms with E-state index >= 15 is 0 Å². The minimum Gasteiger partial charge on any atom is -0.301 e. The highest BCUT2D eigenvalue weighted by Crippen LogP contribution is 2.24. The molecule has 0 aromatic heterocycles. The summed E-state index contributed by atoms with van der Waals surface area (Å²) in [6.07, 6.45) is 8.13. The topological polar surface area (TPSA) is 30.3 Å². The average Bonchev–Trinajstić information content (AvgIpc) is 2.46. The van der Waals surface area contributed by atoms with Gasteiger partial charge in [0.1, 0.15) is 0 Å². The Balaban J connectivity index is 1.67. The fraction of sp³-hybridized carbons (Fsp3) is 0.938. The van der Waals surface area contributed by atoms with E-state index in [1.165, 1.54) is 51.6 Å². The largest absolute Gasteiger partial charge is 0.301 e. The van der Waals surface area contributed by atoms with E-state index < -0.39 is 0 Å². The second-order valence-electron chi connectivity index (χ2n) is 6.45. The molecule has 0 amide bonds. The van der Waals surface area contributed by atoms with Crippen LogP contribution in [0.2, 0.25) is 0 Å². The van der Waals surface area contributed by atoms with Crippen molar-refractivity contribution in [1.29, 1.82) is 5.26 Å². The van der Waals surface area contributed by atoms with Gasteiger partial charge >= 0.3 is 0 Å². The molecule has 0 aromatic rings. The summed E-state index contributed by atoms with van der Waals surface area (Å²) in [5, 5.41) is 8.96. The molecular weight excluding hydrogens is 234 g/mol. The van der Waals surface area contributed by atoms with Gasteiger partial charge in [-0.3, -0.25) is 4.90 Å². The standard InChI is InChI=1S/C16H29N3/c1-14-5-3-4-9-18(14)10-6-16-7-11-19(12-8-16)15(2)13-17/h14-16H,3-12H2,1-2H3/t14-,15-/m1/s1. The zero-order valence-corrected chi connectivity index (χ0v) is 12.6. The molecule has 2 saturated heterocycles. The molecule has 2 rings (SSSR count). The molecule has 2 aliphatic rings. The third-order valence-corrected chi connectivity index (χ3v) is 5.15. The summed E-state index contributed by atoms with van der Waals surface area (Å²) in [6, 6.07) is 3.26. The van der Waals surface area contributed by atoms with Crippen LogP contribution in [-0.2, 0) is 0 Å². The van der Waals surface area contributed by atoms with E-state index in [9.17, 15) is 0 Å². The number of likely N-dealkylation sites (tertiary alicyclic amines) is 2. The smallest absolute Gasteiger partial charge is 0.0949 e.